The average molecular weight is 197 g/mol. The Morgan fingerprint density at radius 3 is 2.38 bits per heavy atom. The summed E-state index contributed by atoms with van der Waals surface area (Å²) >= 11 is 0. The van der Waals surface area contributed by atoms with E-state index in [9.17, 15) is 13.2 Å². The maximum atomic E-state index is 11.7. The standard InChI is InChI=1S/C9H18F3N/c1-3-4-5-8(2)13-7-6-9(10,11)12/h8,13H,3-7H2,1-2H3. The Labute approximate surface area is 77.7 Å². The van der Waals surface area contributed by atoms with Crippen molar-refractivity contribution in [2.24, 2.45) is 0 Å². The summed E-state index contributed by atoms with van der Waals surface area (Å²) in [5.74, 6) is 0. The van der Waals surface area contributed by atoms with Crippen LogP contribution in [0.1, 0.15) is 39.5 Å². The van der Waals surface area contributed by atoms with Crippen molar-refractivity contribution in [2.45, 2.75) is 51.7 Å². The van der Waals surface area contributed by atoms with Gasteiger partial charge < -0.3 is 5.32 Å². The topological polar surface area (TPSA) is 12.0 Å². The van der Waals surface area contributed by atoms with Crippen LogP contribution in [-0.2, 0) is 0 Å². The van der Waals surface area contributed by atoms with Crippen molar-refractivity contribution in [3.63, 3.8) is 0 Å². The van der Waals surface area contributed by atoms with Gasteiger partial charge in [-0.3, -0.25) is 0 Å². The fourth-order valence-corrected chi connectivity index (χ4v) is 1.07. The molecule has 0 aromatic heterocycles. The summed E-state index contributed by atoms with van der Waals surface area (Å²) in [6.07, 6.45) is -1.65. The number of unbranched alkanes of at least 4 members (excludes halogenated alkanes) is 1. The first kappa shape index (κ1) is 12.8. The van der Waals surface area contributed by atoms with E-state index in [0.717, 1.165) is 19.3 Å². The van der Waals surface area contributed by atoms with Crippen LogP contribution >= 0.6 is 0 Å². The summed E-state index contributed by atoms with van der Waals surface area (Å²) in [5.41, 5.74) is 0. The van der Waals surface area contributed by atoms with E-state index in [1.165, 1.54) is 0 Å². The molecule has 0 aliphatic heterocycles. The van der Waals surface area contributed by atoms with E-state index in [0.29, 0.717) is 0 Å². The van der Waals surface area contributed by atoms with Crippen molar-refractivity contribution in [2.75, 3.05) is 6.54 Å². The van der Waals surface area contributed by atoms with Gasteiger partial charge in [0.1, 0.15) is 0 Å². The van der Waals surface area contributed by atoms with Crippen molar-refractivity contribution in [3.05, 3.63) is 0 Å². The zero-order chi connectivity index (χ0) is 10.3. The molecule has 0 spiro atoms. The molecule has 4 heteroatoms. The molecule has 13 heavy (non-hydrogen) atoms. The van der Waals surface area contributed by atoms with Crippen LogP contribution in [0, 0.1) is 0 Å². The van der Waals surface area contributed by atoms with E-state index in [1.54, 1.807) is 0 Å². The monoisotopic (exact) mass is 197 g/mol. The number of alkyl halides is 3. The second-order valence-corrected chi connectivity index (χ2v) is 3.36. The van der Waals surface area contributed by atoms with E-state index in [4.69, 9.17) is 0 Å². The zero-order valence-corrected chi connectivity index (χ0v) is 8.25. The van der Waals surface area contributed by atoms with E-state index in [-0.39, 0.29) is 12.6 Å². The SMILES string of the molecule is CCCCC(C)NCCC(F)(F)F. The predicted molar refractivity (Wildman–Crippen MR) is 47.7 cm³/mol. The molecule has 0 aliphatic carbocycles. The normalized spacial score (nSPS) is 14.5. The average Bonchev–Trinajstić information content (AvgIpc) is 1.98. The smallest absolute Gasteiger partial charge is 0.314 e. The number of hydrogen-bond acceptors (Lipinski definition) is 1. The molecule has 0 fully saturated rings. The molecule has 80 valence electrons. The third-order valence-corrected chi connectivity index (χ3v) is 1.89. The molecule has 0 heterocycles. The maximum Gasteiger partial charge on any atom is 0.390 e. The Bertz CT molecular complexity index is 123. The first-order chi connectivity index (χ1) is 5.95. The molecule has 1 N–H and O–H groups in total. The molecular weight excluding hydrogens is 179 g/mol. The highest BCUT2D eigenvalue weighted by Gasteiger charge is 2.26. The number of halogens is 3. The minimum atomic E-state index is -4.03. The van der Waals surface area contributed by atoms with E-state index >= 15 is 0 Å². The molecule has 0 aromatic rings. The molecule has 0 saturated heterocycles. The minimum absolute atomic E-state index is 0.0361. The Hall–Kier alpha value is -0.250. The van der Waals surface area contributed by atoms with Crippen LogP contribution in [-0.4, -0.2) is 18.8 Å². The highest BCUT2D eigenvalue weighted by molar-refractivity contribution is 4.62. The van der Waals surface area contributed by atoms with E-state index in [2.05, 4.69) is 12.2 Å². The van der Waals surface area contributed by atoms with Crippen LogP contribution < -0.4 is 5.32 Å². The lowest BCUT2D eigenvalue weighted by Crippen LogP contribution is -2.29. The van der Waals surface area contributed by atoms with Gasteiger partial charge in [-0.2, -0.15) is 13.2 Å². The summed E-state index contributed by atoms with van der Waals surface area (Å²) in [4.78, 5) is 0. The quantitative estimate of drug-likeness (QED) is 0.690. The fourth-order valence-electron chi connectivity index (χ4n) is 1.07. The second-order valence-electron chi connectivity index (χ2n) is 3.36. The zero-order valence-electron chi connectivity index (χ0n) is 8.25. The van der Waals surface area contributed by atoms with Gasteiger partial charge in [-0.05, 0) is 13.3 Å². The van der Waals surface area contributed by atoms with Crippen LogP contribution in [0.3, 0.4) is 0 Å². The van der Waals surface area contributed by atoms with Crippen molar-refractivity contribution < 1.29 is 13.2 Å². The van der Waals surface area contributed by atoms with Crippen LogP contribution in [0.15, 0.2) is 0 Å². The molecular formula is C9H18F3N. The lowest BCUT2D eigenvalue weighted by Gasteiger charge is -2.13. The summed E-state index contributed by atoms with van der Waals surface area (Å²) < 4.78 is 35.2. The number of hydrogen-bond donors (Lipinski definition) is 1. The Morgan fingerprint density at radius 1 is 1.31 bits per heavy atom. The molecule has 0 aliphatic rings. The van der Waals surface area contributed by atoms with E-state index in [1.807, 2.05) is 6.92 Å². The van der Waals surface area contributed by atoms with Crippen molar-refractivity contribution in [1.29, 1.82) is 0 Å². The first-order valence-corrected chi connectivity index (χ1v) is 4.76. The van der Waals surface area contributed by atoms with Crippen molar-refractivity contribution >= 4 is 0 Å². The fraction of sp³-hybridized carbons (Fsp3) is 1.00. The van der Waals surface area contributed by atoms with Gasteiger partial charge >= 0.3 is 6.18 Å². The molecule has 0 aromatic carbocycles. The third kappa shape index (κ3) is 9.67. The summed E-state index contributed by atoms with van der Waals surface area (Å²) in [6.45, 7) is 4.03. The lowest BCUT2D eigenvalue weighted by atomic mass is 10.1. The summed E-state index contributed by atoms with van der Waals surface area (Å²) in [5, 5.41) is 2.85. The summed E-state index contributed by atoms with van der Waals surface area (Å²) in [7, 11) is 0. The molecule has 1 unspecified atom stereocenters. The third-order valence-electron chi connectivity index (χ3n) is 1.89. The highest BCUT2D eigenvalue weighted by atomic mass is 19.4. The second kappa shape index (κ2) is 6.24. The molecule has 0 amide bonds. The number of rotatable bonds is 6. The van der Waals surface area contributed by atoms with Crippen molar-refractivity contribution in [3.8, 4) is 0 Å². The van der Waals surface area contributed by atoms with Gasteiger partial charge in [0.05, 0.1) is 6.42 Å². The molecule has 1 atom stereocenters. The summed E-state index contributed by atoms with van der Waals surface area (Å²) in [6, 6.07) is 0.197. The van der Waals surface area contributed by atoms with Crippen LogP contribution in [0.4, 0.5) is 13.2 Å². The first-order valence-electron chi connectivity index (χ1n) is 4.76. The molecule has 0 saturated carbocycles. The van der Waals surface area contributed by atoms with Gasteiger partial charge in [0.25, 0.3) is 0 Å². The van der Waals surface area contributed by atoms with Crippen LogP contribution in [0.5, 0.6) is 0 Å². The van der Waals surface area contributed by atoms with Gasteiger partial charge in [-0.15, -0.1) is 0 Å². The molecule has 1 nitrogen and oxygen atoms in total. The Kier molecular flexibility index (Phi) is 6.12. The molecule has 0 bridgehead atoms. The lowest BCUT2D eigenvalue weighted by molar-refractivity contribution is -0.133. The van der Waals surface area contributed by atoms with Gasteiger partial charge in [-0.25, -0.2) is 0 Å². The predicted octanol–water partition coefficient (Wildman–Crippen LogP) is 3.11. The minimum Gasteiger partial charge on any atom is -0.314 e. The van der Waals surface area contributed by atoms with Crippen LogP contribution in [0.25, 0.3) is 0 Å². The maximum absolute atomic E-state index is 11.7. The van der Waals surface area contributed by atoms with E-state index < -0.39 is 12.6 Å². The Morgan fingerprint density at radius 2 is 1.92 bits per heavy atom. The van der Waals surface area contributed by atoms with Gasteiger partial charge in [-0.1, -0.05) is 19.8 Å². The van der Waals surface area contributed by atoms with Gasteiger partial charge in [0, 0.05) is 12.6 Å². The largest absolute Gasteiger partial charge is 0.390 e. The van der Waals surface area contributed by atoms with Gasteiger partial charge in [0.15, 0.2) is 0 Å². The molecule has 0 radical (unpaired) electrons. The van der Waals surface area contributed by atoms with Gasteiger partial charge in [0.2, 0.25) is 0 Å². The molecule has 0 rings (SSSR count). The number of nitrogens with one attached hydrogen (secondary N) is 1. The van der Waals surface area contributed by atoms with Crippen molar-refractivity contribution in [1.82, 2.24) is 5.32 Å². The van der Waals surface area contributed by atoms with Crippen LogP contribution in [0.2, 0.25) is 0 Å². The Balaban J connectivity index is 3.31. The highest BCUT2D eigenvalue weighted by Crippen LogP contribution is 2.18.